The summed E-state index contributed by atoms with van der Waals surface area (Å²) in [5.74, 6) is 0. The van der Waals surface area contributed by atoms with Crippen LogP contribution in [0.3, 0.4) is 0 Å². The predicted octanol–water partition coefficient (Wildman–Crippen LogP) is -0.369. The third kappa shape index (κ3) is 3.38. The molecule has 0 aromatic carbocycles. The van der Waals surface area contributed by atoms with Crippen LogP contribution >= 0.6 is 11.6 Å². The summed E-state index contributed by atoms with van der Waals surface area (Å²) < 4.78 is 45.8. The molecule has 0 N–H and O–H groups in total. The second kappa shape index (κ2) is 3.96. The standard InChI is InChI=1S/C6H12ClNO4S2/c1-13(9,10)5-14(11,12)8-3-2-6(7)4-8/h6H,2-5H2,1H3. The fourth-order valence-electron chi connectivity index (χ4n) is 1.29. The summed E-state index contributed by atoms with van der Waals surface area (Å²) in [6, 6.07) is 0. The highest BCUT2D eigenvalue weighted by molar-refractivity contribution is 8.06. The molecule has 0 aromatic rings. The van der Waals surface area contributed by atoms with Crippen LogP contribution in [0, 0.1) is 0 Å². The smallest absolute Gasteiger partial charge is 0.228 e. The molecule has 1 fully saturated rings. The minimum Gasteiger partial charge on any atom is -0.228 e. The van der Waals surface area contributed by atoms with Crippen LogP contribution in [0.4, 0.5) is 0 Å². The summed E-state index contributed by atoms with van der Waals surface area (Å²) in [6.45, 7) is 0.519. The lowest BCUT2D eigenvalue weighted by Gasteiger charge is -2.14. The summed E-state index contributed by atoms with van der Waals surface area (Å²) in [7, 11) is -7.20. The quantitative estimate of drug-likeness (QED) is 0.650. The largest absolute Gasteiger partial charge is 0.228 e. The lowest BCUT2D eigenvalue weighted by molar-refractivity contribution is 0.481. The van der Waals surface area contributed by atoms with Crippen LogP contribution in [0.1, 0.15) is 6.42 Å². The molecular formula is C6H12ClNO4S2. The molecule has 1 aliphatic heterocycles. The fourth-order valence-corrected chi connectivity index (χ4v) is 5.18. The maximum Gasteiger partial charge on any atom is 0.228 e. The highest BCUT2D eigenvalue weighted by Gasteiger charge is 2.32. The number of hydrogen-bond donors (Lipinski definition) is 0. The molecule has 8 heteroatoms. The first-order valence-electron chi connectivity index (χ1n) is 4.00. The van der Waals surface area contributed by atoms with Gasteiger partial charge in [0.15, 0.2) is 14.9 Å². The van der Waals surface area contributed by atoms with E-state index < -0.39 is 24.9 Å². The van der Waals surface area contributed by atoms with Crippen molar-refractivity contribution in [3.8, 4) is 0 Å². The number of nitrogens with zero attached hydrogens (tertiary/aromatic N) is 1. The Labute approximate surface area is 89.0 Å². The van der Waals surface area contributed by atoms with Gasteiger partial charge in [-0.05, 0) is 6.42 Å². The molecule has 84 valence electrons. The molecule has 0 amide bonds. The van der Waals surface area contributed by atoms with Crippen molar-refractivity contribution in [1.82, 2.24) is 4.31 Å². The monoisotopic (exact) mass is 261 g/mol. The molecule has 0 aliphatic carbocycles. The Morgan fingerprint density at radius 1 is 1.36 bits per heavy atom. The molecule has 1 aliphatic rings. The van der Waals surface area contributed by atoms with Gasteiger partial charge in [-0.1, -0.05) is 0 Å². The van der Waals surface area contributed by atoms with Gasteiger partial charge in [-0.2, -0.15) is 4.31 Å². The zero-order chi connectivity index (χ0) is 11.0. The molecule has 0 radical (unpaired) electrons. The zero-order valence-corrected chi connectivity index (χ0v) is 10.1. The first-order chi connectivity index (χ1) is 6.21. The zero-order valence-electron chi connectivity index (χ0n) is 7.68. The van der Waals surface area contributed by atoms with Gasteiger partial charge in [0.25, 0.3) is 0 Å². The minimum atomic E-state index is -3.69. The molecule has 1 saturated heterocycles. The average Bonchev–Trinajstić information content (AvgIpc) is 2.29. The highest BCUT2D eigenvalue weighted by Crippen LogP contribution is 2.18. The Balaban J connectivity index is 2.77. The van der Waals surface area contributed by atoms with Crippen LogP contribution < -0.4 is 0 Å². The number of hydrogen-bond acceptors (Lipinski definition) is 4. The Bertz CT molecular complexity index is 402. The van der Waals surface area contributed by atoms with Crippen LogP contribution in [-0.2, 0) is 19.9 Å². The molecular weight excluding hydrogens is 250 g/mol. The van der Waals surface area contributed by atoms with E-state index in [1.54, 1.807) is 0 Å². The number of sulfonamides is 1. The van der Waals surface area contributed by atoms with E-state index in [-0.39, 0.29) is 11.9 Å². The van der Waals surface area contributed by atoms with Gasteiger partial charge in [0.2, 0.25) is 10.0 Å². The van der Waals surface area contributed by atoms with Crippen molar-refractivity contribution < 1.29 is 16.8 Å². The van der Waals surface area contributed by atoms with Crippen LogP contribution in [0.15, 0.2) is 0 Å². The lowest BCUT2D eigenvalue weighted by Crippen LogP contribution is -2.33. The van der Waals surface area contributed by atoms with E-state index in [4.69, 9.17) is 11.6 Å². The van der Waals surface area contributed by atoms with E-state index in [1.165, 1.54) is 0 Å². The fraction of sp³-hybridized carbons (Fsp3) is 1.00. The Morgan fingerprint density at radius 2 is 1.93 bits per heavy atom. The average molecular weight is 262 g/mol. The summed E-state index contributed by atoms with van der Waals surface area (Å²) >= 11 is 5.73. The summed E-state index contributed by atoms with van der Waals surface area (Å²) in [4.78, 5) is 0. The SMILES string of the molecule is CS(=O)(=O)CS(=O)(=O)N1CCC(Cl)C1. The minimum absolute atomic E-state index is 0.204. The topological polar surface area (TPSA) is 71.5 Å². The molecule has 0 aromatic heterocycles. The Kier molecular flexibility index (Phi) is 3.45. The van der Waals surface area contributed by atoms with Gasteiger partial charge >= 0.3 is 0 Å². The van der Waals surface area contributed by atoms with Crippen molar-refractivity contribution in [2.45, 2.75) is 11.8 Å². The van der Waals surface area contributed by atoms with Crippen LogP contribution in [0.25, 0.3) is 0 Å². The number of rotatable bonds is 3. The summed E-state index contributed by atoms with van der Waals surface area (Å²) in [5, 5.41) is -1.03. The van der Waals surface area contributed by atoms with Gasteiger partial charge < -0.3 is 0 Å². The summed E-state index contributed by atoms with van der Waals surface area (Å²) in [6.07, 6.45) is 1.48. The van der Waals surface area contributed by atoms with E-state index in [2.05, 4.69) is 0 Å². The molecule has 1 rings (SSSR count). The van der Waals surface area contributed by atoms with Gasteiger partial charge in [0.1, 0.15) is 0 Å². The molecule has 1 atom stereocenters. The van der Waals surface area contributed by atoms with Gasteiger partial charge in [-0.15, -0.1) is 11.6 Å². The van der Waals surface area contributed by atoms with E-state index in [0.717, 1.165) is 10.6 Å². The van der Waals surface area contributed by atoms with E-state index in [1.807, 2.05) is 0 Å². The molecule has 0 bridgehead atoms. The van der Waals surface area contributed by atoms with Crippen molar-refractivity contribution >= 4 is 31.5 Å². The third-order valence-electron chi connectivity index (χ3n) is 1.85. The Hall–Kier alpha value is 0.150. The van der Waals surface area contributed by atoms with E-state index in [0.29, 0.717) is 13.0 Å². The molecule has 5 nitrogen and oxygen atoms in total. The molecule has 14 heavy (non-hydrogen) atoms. The normalized spacial score (nSPS) is 25.4. The van der Waals surface area contributed by atoms with Gasteiger partial charge in [0, 0.05) is 24.7 Å². The van der Waals surface area contributed by atoms with Gasteiger partial charge in [0.05, 0.1) is 0 Å². The third-order valence-corrected chi connectivity index (χ3v) is 6.23. The second-order valence-electron chi connectivity index (χ2n) is 3.40. The first-order valence-corrected chi connectivity index (χ1v) is 8.11. The van der Waals surface area contributed by atoms with Gasteiger partial charge in [-0.3, -0.25) is 0 Å². The molecule has 0 spiro atoms. The molecule has 1 unspecified atom stereocenters. The first kappa shape index (κ1) is 12.2. The van der Waals surface area contributed by atoms with Crippen molar-refractivity contribution in [3.05, 3.63) is 0 Å². The van der Waals surface area contributed by atoms with E-state index in [9.17, 15) is 16.8 Å². The lowest BCUT2D eigenvalue weighted by atomic mass is 10.4. The number of alkyl halides is 1. The van der Waals surface area contributed by atoms with Crippen molar-refractivity contribution in [2.24, 2.45) is 0 Å². The molecule has 1 heterocycles. The Morgan fingerprint density at radius 3 is 2.29 bits per heavy atom. The number of halogens is 1. The second-order valence-corrected chi connectivity index (χ2v) is 8.49. The number of sulfone groups is 1. The van der Waals surface area contributed by atoms with E-state index >= 15 is 0 Å². The maximum atomic E-state index is 11.5. The molecule has 0 saturated carbocycles. The summed E-state index contributed by atoms with van der Waals surface area (Å²) in [5.41, 5.74) is 0. The van der Waals surface area contributed by atoms with Crippen molar-refractivity contribution in [1.29, 1.82) is 0 Å². The van der Waals surface area contributed by atoms with Crippen LogP contribution in [0.2, 0.25) is 0 Å². The van der Waals surface area contributed by atoms with Crippen LogP contribution in [0.5, 0.6) is 0 Å². The van der Waals surface area contributed by atoms with Crippen molar-refractivity contribution in [3.63, 3.8) is 0 Å². The maximum absolute atomic E-state index is 11.5. The van der Waals surface area contributed by atoms with Crippen LogP contribution in [-0.4, -0.2) is 50.9 Å². The highest BCUT2D eigenvalue weighted by atomic mass is 35.5. The predicted molar refractivity (Wildman–Crippen MR) is 54.5 cm³/mol. The van der Waals surface area contributed by atoms with Gasteiger partial charge in [-0.25, -0.2) is 16.8 Å². The van der Waals surface area contributed by atoms with Crippen molar-refractivity contribution in [2.75, 3.05) is 24.4 Å².